The molecule has 0 aliphatic carbocycles. The fraction of sp³-hybridized carbons (Fsp3) is 0.294. The highest BCUT2D eigenvalue weighted by Crippen LogP contribution is 2.25. The van der Waals surface area contributed by atoms with Gasteiger partial charge in [-0.25, -0.2) is 10.9 Å². The number of amides is 2. The zero-order valence-electron chi connectivity index (χ0n) is 14.7. The number of aryl methyl sites for hydroxylation is 2. The number of thiophene rings is 2. The van der Waals surface area contributed by atoms with E-state index in [9.17, 15) is 9.59 Å². The molecule has 2 aromatic heterocycles. The van der Waals surface area contributed by atoms with Gasteiger partial charge in [0.25, 0.3) is 0 Å². The summed E-state index contributed by atoms with van der Waals surface area (Å²) in [6.45, 7) is 4.00. The van der Waals surface area contributed by atoms with Crippen LogP contribution in [-0.4, -0.2) is 24.2 Å². The standard InChI is InChI=1S/C17H18Br2N4O2S2/c1-10-14(18)6-12(26-10)8-20-22-16(24)4-3-5-17(25)23-21-9-13-7-15(19)11(2)27-13/h6-9H,3-5H2,1-2H3,(H,22,24)(H,23,25). The number of carbonyl (C=O) groups excluding carboxylic acids is 2. The SMILES string of the molecule is Cc1sc(C=NNC(=O)CCCC(=O)NN=Cc2cc(Br)c(C)s2)cc1Br. The van der Waals surface area contributed by atoms with Crippen molar-refractivity contribution in [2.75, 3.05) is 0 Å². The van der Waals surface area contributed by atoms with Crippen LogP contribution in [0.5, 0.6) is 0 Å². The second-order valence-electron chi connectivity index (χ2n) is 5.55. The summed E-state index contributed by atoms with van der Waals surface area (Å²) < 4.78 is 2.05. The lowest BCUT2D eigenvalue weighted by molar-refractivity contribution is -0.122. The lowest BCUT2D eigenvalue weighted by Crippen LogP contribution is -2.20. The van der Waals surface area contributed by atoms with Crippen LogP contribution in [0.15, 0.2) is 31.3 Å². The number of hydrazone groups is 2. The van der Waals surface area contributed by atoms with E-state index in [0.29, 0.717) is 6.42 Å². The lowest BCUT2D eigenvalue weighted by atomic mass is 10.2. The quantitative estimate of drug-likeness (QED) is 0.380. The number of nitrogens with zero attached hydrogens (tertiary/aromatic N) is 2. The molecule has 0 bridgehead atoms. The molecule has 2 amide bonds. The van der Waals surface area contributed by atoms with E-state index in [4.69, 9.17) is 0 Å². The molecule has 0 fully saturated rings. The molecular weight excluding hydrogens is 516 g/mol. The van der Waals surface area contributed by atoms with Gasteiger partial charge in [-0.2, -0.15) is 10.2 Å². The lowest BCUT2D eigenvalue weighted by Gasteiger charge is -2.00. The van der Waals surface area contributed by atoms with Gasteiger partial charge in [0.1, 0.15) is 0 Å². The second-order valence-corrected chi connectivity index (χ2v) is 9.83. The van der Waals surface area contributed by atoms with Gasteiger partial charge in [-0.05, 0) is 64.3 Å². The Morgan fingerprint density at radius 1 is 0.926 bits per heavy atom. The van der Waals surface area contributed by atoms with Crippen LogP contribution in [-0.2, 0) is 9.59 Å². The molecule has 0 aliphatic heterocycles. The zero-order chi connectivity index (χ0) is 19.8. The smallest absolute Gasteiger partial charge is 0.240 e. The average molecular weight is 534 g/mol. The summed E-state index contributed by atoms with van der Waals surface area (Å²) in [7, 11) is 0. The Hall–Kier alpha value is -1.36. The molecule has 0 atom stereocenters. The first-order valence-corrected chi connectivity index (χ1v) is 11.2. The molecule has 0 unspecified atom stereocenters. The Morgan fingerprint density at radius 3 is 1.67 bits per heavy atom. The second kappa shape index (κ2) is 10.8. The van der Waals surface area contributed by atoms with E-state index >= 15 is 0 Å². The first kappa shape index (κ1) is 21.9. The van der Waals surface area contributed by atoms with Gasteiger partial charge in [0.2, 0.25) is 11.8 Å². The van der Waals surface area contributed by atoms with Gasteiger partial charge in [0, 0.05) is 41.3 Å². The van der Waals surface area contributed by atoms with Gasteiger partial charge in [0.05, 0.1) is 12.4 Å². The summed E-state index contributed by atoms with van der Waals surface area (Å²) >= 11 is 10.0. The van der Waals surface area contributed by atoms with Gasteiger partial charge in [-0.3, -0.25) is 9.59 Å². The van der Waals surface area contributed by atoms with Gasteiger partial charge >= 0.3 is 0 Å². The molecule has 27 heavy (non-hydrogen) atoms. The maximum atomic E-state index is 11.7. The van der Waals surface area contributed by atoms with E-state index in [0.717, 1.165) is 28.5 Å². The molecule has 0 spiro atoms. The molecule has 0 saturated carbocycles. The number of nitrogens with one attached hydrogen (secondary N) is 2. The van der Waals surface area contributed by atoms with Crippen LogP contribution in [0.25, 0.3) is 0 Å². The number of carbonyl (C=O) groups is 2. The Morgan fingerprint density at radius 2 is 1.33 bits per heavy atom. The Labute approximate surface area is 182 Å². The fourth-order valence-electron chi connectivity index (χ4n) is 1.95. The van der Waals surface area contributed by atoms with Crippen molar-refractivity contribution in [2.24, 2.45) is 10.2 Å². The molecule has 0 aliphatic rings. The highest BCUT2D eigenvalue weighted by Gasteiger charge is 2.05. The molecule has 0 saturated heterocycles. The molecular formula is C17H18Br2N4O2S2. The topological polar surface area (TPSA) is 82.9 Å². The van der Waals surface area contributed by atoms with E-state index in [2.05, 4.69) is 52.9 Å². The van der Waals surface area contributed by atoms with Crippen molar-refractivity contribution >= 4 is 78.8 Å². The minimum atomic E-state index is -0.228. The Bertz CT molecular complexity index is 765. The van der Waals surface area contributed by atoms with E-state index in [-0.39, 0.29) is 24.7 Å². The third kappa shape index (κ3) is 7.65. The predicted molar refractivity (Wildman–Crippen MR) is 119 cm³/mol. The Balaban J connectivity index is 1.63. The minimum absolute atomic E-state index is 0.221. The van der Waals surface area contributed by atoms with Crippen LogP contribution in [0.3, 0.4) is 0 Å². The summed E-state index contributed by atoms with van der Waals surface area (Å²) in [6.07, 6.45) is 4.08. The van der Waals surface area contributed by atoms with Gasteiger partial charge in [-0.15, -0.1) is 22.7 Å². The molecule has 2 rings (SSSR count). The Kier molecular flexibility index (Phi) is 8.81. The third-order valence-electron chi connectivity index (χ3n) is 3.32. The van der Waals surface area contributed by atoms with E-state index in [1.165, 1.54) is 0 Å². The number of hydrogen-bond acceptors (Lipinski definition) is 6. The molecule has 2 heterocycles. The maximum Gasteiger partial charge on any atom is 0.240 e. The van der Waals surface area contributed by atoms with Gasteiger partial charge in [0.15, 0.2) is 0 Å². The first-order chi connectivity index (χ1) is 12.8. The minimum Gasteiger partial charge on any atom is -0.273 e. The van der Waals surface area contributed by atoms with Crippen LogP contribution in [0, 0.1) is 13.8 Å². The van der Waals surface area contributed by atoms with Crippen LogP contribution in [0.4, 0.5) is 0 Å². The molecule has 0 aromatic carbocycles. The molecule has 6 nitrogen and oxygen atoms in total. The van der Waals surface area contributed by atoms with E-state index in [1.807, 2.05) is 26.0 Å². The normalized spacial score (nSPS) is 11.4. The van der Waals surface area contributed by atoms with Crippen molar-refractivity contribution in [2.45, 2.75) is 33.1 Å². The van der Waals surface area contributed by atoms with Crippen molar-refractivity contribution in [3.8, 4) is 0 Å². The highest BCUT2D eigenvalue weighted by molar-refractivity contribution is 9.10. The van der Waals surface area contributed by atoms with Crippen molar-refractivity contribution in [3.05, 3.63) is 40.6 Å². The highest BCUT2D eigenvalue weighted by atomic mass is 79.9. The van der Waals surface area contributed by atoms with Crippen molar-refractivity contribution in [3.63, 3.8) is 0 Å². The third-order valence-corrected chi connectivity index (χ3v) is 7.46. The maximum absolute atomic E-state index is 11.7. The zero-order valence-corrected chi connectivity index (χ0v) is 19.5. The van der Waals surface area contributed by atoms with Crippen LogP contribution in [0.1, 0.15) is 38.8 Å². The summed E-state index contributed by atoms with van der Waals surface area (Å²) in [5.41, 5.74) is 4.93. The van der Waals surface area contributed by atoms with E-state index in [1.54, 1.807) is 35.1 Å². The number of hydrogen-bond donors (Lipinski definition) is 2. The largest absolute Gasteiger partial charge is 0.273 e. The fourth-order valence-corrected chi connectivity index (χ4v) is 4.81. The predicted octanol–water partition coefficient (Wildman–Crippen LogP) is 4.72. The van der Waals surface area contributed by atoms with Crippen LogP contribution >= 0.6 is 54.5 Å². The summed E-state index contributed by atoms with van der Waals surface area (Å²) in [5, 5.41) is 7.85. The average Bonchev–Trinajstić information content (AvgIpc) is 3.09. The molecule has 2 N–H and O–H groups in total. The molecule has 2 aromatic rings. The number of halogens is 2. The molecule has 10 heteroatoms. The first-order valence-electron chi connectivity index (χ1n) is 8.01. The summed E-state index contributed by atoms with van der Waals surface area (Å²) in [6, 6.07) is 3.88. The van der Waals surface area contributed by atoms with Crippen molar-refractivity contribution in [1.29, 1.82) is 0 Å². The van der Waals surface area contributed by atoms with Crippen LogP contribution in [0.2, 0.25) is 0 Å². The van der Waals surface area contributed by atoms with Crippen molar-refractivity contribution in [1.82, 2.24) is 10.9 Å². The monoisotopic (exact) mass is 532 g/mol. The number of rotatable bonds is 8. The van der Waals surface area contributed by atoms with Crippen molar-refractivity contribution < 1.29 is 9.59 Å². The van der Waals surface area contributed by atoms with Crippen LogP contribution < -0.4 is 10.9 Å². The summed E-state index contributed by atoms with van der Waals surface area (Å²) in [4.78, 5) is 27.7. The summed E-state index contributed by atoms with van der Waals surface area (Å²) in [5.74, 6) is -0.456. The van der Waals surface area contributed by atoms with E-state index < -0.39 is 0 Å². The molecule has 144 valence electrons. The van der Waals surface area contributed by atoms with Gasteiger partial charge in [-0.1, -0.05) is 0 Å². The van der Waals surface area contributed by atoms with Gasteiger partial charge < -0.3 is 0 Å². The molecule has 0 radical (unpaired) electrons.